The van der Waals surface area contributed by atoms with E-state index in [9.17, 15) is 9.59 Å². The van der Waals surface area contributed by atoms with Crippen LogP contribution in [0.5, 0.6) is 0 Å². The summed E-state index contributed by atoms with van der Waals surface area (Å²) in [5.74, 6) is -0.455. The summed E-state index contributed by atoms with van der Waals surface area (Å²) in [6.45, 7) is 10.0. The number of aromatic nitrogens is 4. The molecule has 4 aromatic rings. The maximum Gasteiger partial charge on any atom is 0.338 e. The van der Waals surface area contributed by atoms with Gasteiger partial charge in [-0.25, -0.2) is 14.5 Å². The number of ketones is 1. The number of imidazole rings is 1. The summed E-state index contributed by atoms with van der Waals surface area (Å²) in [4.78, 5) is 34.5. The number of Topliss-reactive ketones (excluding diaryl/α,β-unsaturated/α-hetero) is 1. The van der Waals surface area contributed by atoms with Crippen molar-refractivity contribution in [2.75, 3.05) is 11.5 Å². The molecule has 0 saturated carbocycles. The highest BCUT2D eigenvalue weighted by molar-refractivity contribution is 6.06. The van der Waals surface area contributed by atoms with E-state index in [0.29, 0.717) is 35.5 Å². The van der Waals surface area contributed by atoms with Crippen LogP contribution in [0.2, 0.25) is 0 Å². The fourth-order valence-electron chi connectivity index (χ4n) is 6.34. The first-order valence-corrected chi connectivity index (χ1v) is 14.5. The molecule has 0 fully saturated rings. The number of esters is 1. The number of allylic oxidation sites excluding steroid dienone is 2. The molecule has 0 spiro atoms. The molecule has 2 aliphatic rings. The molecule has 9 heteroatoms. The highest BCUT2D eigenvalue weighted by Gasteiger charge is 2.48. The number of carbonyl (C=O) groups is 2. The molecule has 220 valence electrons. The summed E-state index contributed by atoms with van der Waals surface area (Å²) in [6, 6.07) is 17.7. The van der Waals surface area contributed by atoms with E-state index in [2.05, 4.69) is 18.8 Å². The number of benzene rings is 2. The van der Waals surface area contributed by atoms with Gasteiger partial charge in [0.2, 0.25) is 0 Å². The van der Waals surface area contributed by atoms with Crippen molar-refractivity contribution in [1.82, 2.24) is 19.3 Å². The van der Waals surface area contributed by atoms with E-state index in [1.807, 2.05) is 88.8 Å². The van der Waals surface area contributed by atoms with E-state index in [1.54, 1.807) is 19.4 Å². The second kappa shape index (κ2) is 10.7. The Kier molecular flexibility index (Phi) is 7.04. The van der Waals surface area contributed by atoms with E-state index >= 15 is 0 Å². The lowest BCUT2D eigenvalue weighted by Gasteiger charge is -2.44. The molecule has 3 heterocycles. The third kappa shape index (κ3) is 4.84. The summed E-state index contributed by atoms with van der Waals surface area (Å²) < 4.78 is 9.34. The van der Waals surface area contributed by atoms with Crippen molar-refractivity contribution in [1.29, 1.82) is 0 Å². The predicted octanol–water partition coefficient (Wildman–Crippen LogP) is 5.66. The summed E-state index contributed by atoms with van der Waals surface area (Å²) in [5, 5.41) is 4.96. The standard InChI is InChI=1S/C34H36N6O3/c1-6-43-33(42)30-29(27-22(3)37-40(24-10-8-7-9-11-24)32(27)38-17-16-36-20-38)28-25(18-34(4,5)19-26(28)41)39(31(30)35)23-14-12-21(2)13-15-23/h7-17,20,29H,6,18-19,35H2,1-5H3. The molecule has 0 saturated heterocycles. The van der Waals surface area contributed by atoms with Gasteiger partial charge in [0.15, 0.2) is 5.78 Å². The van der Waals surface area contributed by atoms with E-state index in [0.717, 1.165) is 22.6 Å². The molecule has 1 atom stereocenters. The number of hydrogen-bond acceptors (Lipinski definition) is 7. The van der Waals surface area contributed by atoms with Gasteiger partial charge < -0.3 is 10.5 Å². The average Bonchev–Trinajstić information content (AvgIpc) is 3.61. The van der Waals surface area contributed by atoms with Gasteiger partial charge in [-0.05, 0) is 56.9 Å². The predicted molar refractivity (Wildman–Crippen MR) is 165 cm³/mol. The Balaban J connectivity index is 1.70. The zero-order valence-electron chi connectivity index (χ0n) is 25.2. The highest BCUT2D eigenvalue weighted by Crippen LogP contribution is 2.52. The zero-order chi connectivity index (χ0) is 30.5. The first-order valence-electron chi connectivity index (χ1n) is 14.5. The van der Waals surface area contributed by atoms with Crippen molar-refractivity contribution in [3.8, 4) is 11.5 Å². The molecule has 0 bridgehead atoms. The lowest BCUT2D eigenvalue weighted by Crippen LogP contribution is -2.44. The number of nitrogens with zero attached hydrogens (tertiary/aromatic N) is 5. The topological polar surface area (TPSA) is 108 Å². The van der Waals surface area contributed by atoms with Crippen LogP contribution in [-0.4, -0.2) is 37.7 Å². The van der Waals surface area contributed by atoms with Crippen LogP contribution in [-0.2, 0) is 14.3 Å². The Morgan fingerprint density at radius 2 is 1.77 bits per heavy atom. The van der Waals surface area contributed by atoms with E-state index < -0.39 is 11.9 Å². The van der Waals surface area contributed by atoms with Crippen molar-refractivity contribution in [2.24, 2.45) is 11.1 Å². The van der Waals surface area contributed by atoms with Gasteiger partial charge in [-0.1, -0.05) is 49.7 Å². The highest BCUT2D eigenvalue weighted by atomic mass is 16.5. The van der Waals surface area contributed by atoms with Gasteiger partial charge in [0.25, 0.3) is 0 Å². The molecule has 6 rings (SSSR count). The minimum Gasteiger partial charge on any atom is -0.463 e. The molecule has 2 aromatic heterocycles. The summed E-state index contributed by atoms with van der Waals surface area (Å²) in [7, 11) is 0. The number of anilines is 1. The number of hydrogen-bond donors (Lipinski definition) is 1. The maximum atomic E-state index is 14.3. The number of aryl methyl sites for hydroxylation is 2. The molecular formula is C34H36N6O3. The molecule has 0 radical (unpaired) electrons. The number of carbonyl (C=O) groups excluding carboxylic acids is 2. The van der Waals surface area contributed by atoms with Crippen LogP contribution in [0.15, 0.2) is 96.0 Å². The van der Waals surface area contributed by atoms with Crippen LogP contribution in [0, 0.1) is 19.3 Å². The van der Waals surface area contributed by atoms with E-state index in [-0.39, 0.29) is 29.2 Å². The van der Waals surface area contributed by atoms with Crippen LogP contribution in [0.4, 0.5) is 5.69 Å². The third-order valence-electron chi connectivity index (χ3n) is 8.17. The first kappa shape index (κ1) is 28.2. The number of ether oxygens (including phenoxy) is 1. The fourth-order valence-corrected chi connectivity index (χ4v) is 6.34. The molecule has 1 aliphatic carbocycles. The second-order valence-corrected chi connectivity index (χ2v) is 12.0. The van der Waals surface area contributed by atoms with Crippen LogP contribution in [0.1, 0.15) is 56.4 Å². The van der Waals surface area contributed by atoms with Crippen LogP contribution in [0.25, 0.3) is 11.5 Å². The van der Waals surface area contributed by atoms with Crippen LogP contribution < -0.4 is 10.6 Å². The minimum absolute atomic E-state index is 0.0221. The van der Waals surface area contributed by atoms with Crippen molar-refractivity contribution in [3.63, 3.8) is 0 Å². The summed E-state index contributed by atoms with van der Waals surface area (Å²) >= 11 is 0. The third-order valence-corrected chi connectivity index (χ3v) is 8.17. The van der Waals surface area contributed by atoms with Crippen molar-refractivity contribution in [2.45, 2.75) is 53.4 Å². The maximum absolute atomic E-state index is 14.3. The van der Waals surface area contributed by atoms with Gasteiger partial charge >= 0.3 is 5.97 Å². The van der Waals surface area contributed by atoms with Crippen LogP contribution >= 0.6 is 0 Å². The van der Waals surface area contributed by atoms with Crippen molar-refractivity contribution in [3.05, 3.63) is 113 Å². The monoisotopic (exact) mass is 576 g/mol. The van der Waals surface area contributed by atoms with Crippen molar-refractivity contribution < 1.29 is 14.3 Å². The van der Waals surface area contributed by atoms with E-state index in [4.69, 9.17) is 15.6 Å². The van der Waals surface area contributed by atoms with Gasteiger partial charge in [-0.15, -0.1) is 0 Å². The minimum atomic E-state index is -0.797. The Bertz CT molecular complexity index is 1760. The molecule has 0 amide bonds. The number of rotatable bonds is 6. The molecule has 2 aromatic carbocycles. The average molecular weight is 577 g/mol. The van der Waals surface area contributed by atoms with Crippen molar-refractivity contribution >= 4 is 17.4 Å². The van der Waals surface area contributed by atoms with Gasteiger partial charge in [0.1, 0.15) is 18.0 Å². The summed E-state index contributed by atoms with van der Waals surface area (Å²) in [6.07, 6.45) is 6.16. The molecular weight excluding hydrogens is 540 g/mol. The Morgan fingerprint density at radius 3 is 2.42 bits per heavy atom. The lowest BCUT2D eigenvalue weighted by atomic mass is 9.68. The van der Waals surface area contributed by atoms with Gasteiger partial charge in [0, 0.05) is 41.3 Å². The smallest absolute Gasteiger partial charge is 0.338 e. The largest absolute Gasteiger partial charge is 0.463 e. The first-order chi connectivity index (χ1) is 20.6. The van der Waals surface area contributed by atoms with Gasteiger partial charge in [-0.2, -0.15) is 5.10 Å². The lowest BCUT2D eigenvalue weighted by molar-refractivity contribution is -0.138. The quantitative estimate of drug-likeness (QED) is 0.295. The van der Waals surface area contributed by atoms with Crippen LogP contribution in [0.3, 0.4) is 0 Å². The fraction of sp³-hybridized carbons (Fsp3) is 0.294. The summed E-state index contributed by atoms with van der Waals surface area (Å²) in [5.41, 5.74) is 12.4. The number of para-hydroxylation sites is 1. The zero-order valence-corrected chi connectivity index (χ0v) is 25.2. The Labute approximate surface area is 251 Å². The molecule has 1 unspecified atom stereocenters. The molecule has 2 N–H and O–H groups in total. The normalized spacial score (nSPS) is 18.2. The Hall–Kier alpha value is -4.92. The molecule has 43 heavy (non-hydrogen) atoms. The molecule has 9 nitrogen and oxygen atoms in total. The van der Waals surface area contributed by atoms with E-state index in [1.165, 1.54) is 0 Å². The molecule has 1 aliphatic heterocycles. The van der Waals surface area contributed by atoms with Gasteiger partial charge in [-0.3, -0.25) is 14.3 Å². The number of nitrogens with two attached hydrogens (primary N) is 1. The second-order valence-electron chi connectivity index (χ2n) is 12.0. The Morgan fingerprint density at radius 1 is 1.05 bits per heavy atom. The SMILES string of the molecule is CCOC(=O)C1=C(N)N(c2ccc(C)cc2)C2=C(C(=O)CC(C)(C)C2)C1c1c(C)nn(-c2ccccc2)c1-n1ccnc1. The van der Waals surface area contributed by atoms with Gasteiger partial charge in [0.05, 0.1) is 29.5 Å².